The van der Waals surface area contributed by atoms with Crippen LogP contribution in [-0.4, -0.2) is 32.3 Å². The van der Waals surface area contributed by atoms with Crippen LogP contribution in [0.2, 0.25) is 0 Å². The standard InChI is InChI=1S/C10H22N2O3S/c1-3-5-7-16(12,15)8-6-10(11,4-2)9(13)14/h12H,3-8,11H2,1-2H3,(H,13,14)/t10-,16-/m0/s1. The quantitative estimate of drug-likeness (QED) is 0.606. The number of hydrogen-bond acceptors (Lipinski definition) is 4. The molecule has 16 heavy (non-hydrogen) atoms. The number of unbranched alkanes of at least 4 members (excludes halogenated alkanes) is 1. The molecule has 0 aromatic rings. The molecule has 96 valence electrons. The highest BCUT2D eigenvalue weighted by molar-refractivity contribution is 7.92. The molecule has 0 rings (SSSR count). The Kier molecular flexibility index (Phi) is 5.96. The third-order valence-corrected chi connectivity index (χ3v) is 4.57. The molecule has 4 N–H and O–H groups in total. The van der Waals surface area contributed by atoms with E-state index in [9.17, 15) is 9.00 Å². The van der Waals surface area contributed by atoms with Gasteiger partial charge in [-0.05, 0) is 19.3 Å². The molecule has 0 unspecified atom stereocenters. The second kappa shape index (κ2) is 6.20. The summed E-state index contributed by atoms with van der Waals surface area (Å²) in [6.07, 6.45) is 2.01. The zero-order valence-corrected chi connectivity index (χ0v) is 10.8. The van der Waals surface area contributed by atoms with E-state index < -0.39 is 21.2 Å². The molecule has 0 heterocycles. The van der Waals surface area contributed by atoms with E-state index in [1.54, 1.807) is 6.92 Å². The van der Waals surface area contributed by atoms with Crippen LogP contribution >= 0.6 is 0 Å². The minimum atomic E-state index is -2.66. The van der Waals surface area contributed by atoms with E-state index >= 15 is 0 Å². The van der Waals surface area contributed by atoms with Crippen LogP contribution < -0.4 is 5.73 Å². The summed E-state index contributed by atoms with van der Waals surface area (Å²) in [5.41, 5.74) is 4.33. The van der Waals surface area contributed by atoms with E-state index in [1.165, 1.54) is 0 Å². The number of aliphatic carboxylic acids is 1. The first-order valence-electron chi connectivity index (χ1n) is 5.54. The fourth-order valence-corrected chi connectivity index (χ4v) is 2.91. The van der Waals surface area contributed by atoms with Gasteiger partial charge in [-0.3, -0.25) is 9.57 Å². The molecule has 0 fully saturated rings. The first-order valence-corrected chi connectivity index (χ1v) is 7.43. The molecular weight excluding hydrogens is 228 g/mol. The molecule has 0 amide bonds. The predicted molar refractivity (Wildman–Crippen MR) is 65.0 cm³/mol. The molecule has 0 saturated carbocycles. The highest BCUT2D eigenvalue weighted by atomic mass is 32.2. The Labute approximate surface area is 97.4 Å². The van der Waals surface area contributed by atoms with Gasteiger partial charge in [0.2, 0.25) is 0 Å². The van der Waals surface area contributed by atoms with Gasteiger partial charge in [-0.15, -0.1) is 0 Å². The monoisotopic (exact) mass is 250 g/mol. The Morgan fingerprint density at radius 1 is 1.44 bits per heavy atom. The lowest BCUT2D eigenvalue weighted by molar-refractivity contribution is -0.143. The number of carbonyl (C=O) groups is 1. The summed E-state index contributed by atoms with van der Waals surface area (Å²) in [5.74, 6) is -0.673. The largest absolute Gasteiger partial charge is 0.480 e. The summed E-state index contributed by atoms with van der Waals surface area (Å²) in [7, 11) is -2.66. The van der Waals surface area contributed by atoms with Crippen molar-refractivity contribution in [2.24, 2.45) is 5.73 Å². The minimum absolute atomic E-state index is 0.0731. The second-order valence-corrected chi connectivity index (χ2v) is 6.58. The maximum absolute atomic E-state index is 11.7. The molecule has 0 spiro atoms. The van der Waals surface area contributed by atoms with Gasteiger partial charge in [0.15, 0.2) is 0 Å². The molecule has 0 aliphatic rings. The number of rotatable bonds is 8. The Bertz CT molecular complexity index is 327. The van der Waals surface area contributed by atoms with Gasteiger partial charge in [0, 0.05) is 21.2 Å². The Balaban J connectivity index is 4.37. The molecule has 0 aliphatic heterocycles. The Hall–Kier alpha value is -0.620. The van der Waals surface area contributed by atoms with Gasteiger partial charge in [0.25, 0.3) is 0 Å². The lowest BCUT2D eigenvalue weighted by Gasteiger charge is -2.23. The van der Waals surface area contributed by atoms with E-state index in [0.29, 0.717) is 5.75 Å². The first kappa shape index (κ1) is 15.4. The van der Waals surface area contributed by atoms with Gasteiger partial charge in [-0.25, -0.2) is 4.21 Å². The molecule has 2 atom stereocenters. The Morgan fingerprint density at radius 2 is 2.00 bits per heavy atom. The summed E-state index contributed by atoms with van der Waals surface area (Å²) >= 11 is 0. The van der Waals surface area contributed by atoms with E-state index in [2.05, 4.69) is 0 Å². The minimum Gasteiger partial charge on any atom is -0.480 e. The number of carboxylic acids is 1. The van der Waals surface area contributed by atoms with Crippen LogP contribution in [-0.2, 0) is 14.5 Å². The van der Waals surface area contributed by atoms with Gasteiger partial charge in [0.1, 0.15) is 5.54 Å². The highest BCUT2D eigenvalue weighted by Gasteiger charge is 2.32. The van der Waals surface area contributed by atoms with Gasteiger partial charge < -0.3 is 10.8 Å². The van der Waals surface area contributed by atoms with Crippen molar-refractivity contribution in [3.8, 4) is 0 Å². The van der Waals surface area contributed by atoms with Crippen molar-refractivity contribution in [3.63, 3.8) is 0 Å². The van der Waals surface area contributed by atoms with Gasteiger partial charge in [-0.2, -0.15) is 0 Å². The van der Waals surface area contributed by atoms with Crippen molar-refractivity contribution in [2.75, 3.05) is 11.5 Å². The Morgan fingerprint density at radius 3 is 2.38 bits per heavy atom. The lowest BCUT2D eigenvalue weighted by atomic mass is 9.95. The van der Waals surface area contributed by atoms with E-state index in [4.69, 9.17) is 15.6 Å². The molecule has 0 aromatic carbocycles. The third kappa shape index (κ3) is 4.94. The highest BCUT2D eigenvalue weighted by Crippen LogP contribution is 2.14. The number of nitrogens with one attached hydrogen (secondary N) is 1. The summed E-state index contributed by atoms with van der Waals surface area (Å²) < 4.78 is 19.4. The van der Waals surface area contributed by atoms with Crippen molar-refractivity contribution < 1.29 is 14.1 Å². The lowest BCUT2D eigenvalue weighted by Crippen LogP contribution is -2.48. The summed E-state index contributed by atoms with van der Waals surface area (Å²) in [5, 5.41) is 8.93. The molecule has 0 bridgehead atoms. The number of hydrogen-bond donors (Lipinski definition) is 3. The summed E-state index contributed by atoms with van der Waals surface area (Å²) in [6, 6.07) is 0. The van der Waals surface area contributed by atoms with E-state index in [1.807, 2.05) is 6.92 Å². The van der Waals surface area contributed by atoms with Crippen LogP contribution in [0.15, 0.2) is 0 Å². The maximum atomic E-state index is 11.7. The third-order valence-electron chi connectivity index (χ3n) is 2.76. The smallest absolute Gasteiger partial charge is 0.323 e. The molecular formula is C10H22N2O3S. The van der Waals surface area contributed by atoms with Crippen molar-refractivity contribution in [1.82, 2.24) is 0 Å². The van der Waals surface area contributed by atoms with Crippen LogP contribution in [0.25, 0.3) is 0 Å². The van der Waals surface area contributed by atoms with Crippen molar-refractivity contribution in [2.45, 2.75) is 45.1 Å². The summed E-state index contributed by atoms with van der Waals surface area (Å²) in [4.78, 5) is 10.9. The maximum Gasteiger partial charge on any atom is 0.323 e. The molecule has 0 aliphatic carbocycles. The van der Waals surface area contributed by atoms with Gasteiger partial charge in [0.05, 0.1) is 0 Å². The molecule has 5 nitrogen and oxygen atoms in total. The molecule has 6 heteroatoms. The van der Waals surface area contributed by atoms with E-state index in [0.717, 1.165) is 12.8 Å². The SMILES string of the molecule is CCCC[S@](=N)(=O)CC[C@@](N)(CC)C(=O)O. The molecule has 0 aromatic heterocycles. The second-order valence-electron chi connectivity index (χ2n) is 4.14. The number of carboxylic acid groups (broad SMARTS) is 1. The van der Waals surface area contributed by atoms with Crippen molar-refractivity contribution in [3.05, 3.63) is 0 Å². The number of nitrogens with two attached hydrogens (primary N) is 1. The van der Waals surface area contributed by atoms with Crippen LogP contribution in [0.3, 0.4) is 0 Å². The van der Waals surface area contributed by atoms with Crippen molar-refractivity contribution >= 4 is 15.7 Å². The predicted octanol–water partition coefficient (Wildman–Crippen LogP) is 1.42. The van der Waals surface area contributed by atoms with Crippen LogP contribution in [0.4, 0.5) is 0 Å². The fourth-order valence-electron chi connectivity index (χ4n) is 1.26. The normalized spacial score (nSPS) is 18.7. The van der Waals surface area contributed by atoms with E-state index in [-0.39, 0.29) is 18.6 Å². The first-order chi connectivity index (χ1) is 7.27. The fraction of sp³-hybridized carbons (Fsp3) is 0.900. The van der Waals surface area contributed by atoms with Crippen molar-refractivity contribution in [1.29, 1.82) is 4.78 Å². The topological polar surface area (TPSA) is 104 Å². The van der Waals surface area contributed by atoms with Gasteiger partial charge >= 0.3 is 5.97 Å². The average molecular weight is 250 g/mol. The van der Waals surface area contributed by atoms with Gasteiger partial charge in [-0.1, -0.05) is 20.3 Å². The van der Waals surface area contributed by atoms with Crippen LogP contribution in [0.5, 0.6) is 0 Å². The van der Waals surface area contributed by atoms with Crippen LogP contribution in [0, 0.1) is 4.78 Å². The summed E-state index contributed by atoms with van der Waals surface area (Å²) in [6.45, 7) is 3.65. The average Bonchev–Trinajstić information content (AvgIpc) is 2.23. The van der Waals surface area contributed by atoms with Crippen LogP contribution in [0.1, 0.15) is 39.5 Å². The molecule has 0 saturated heterocycles. The molecule has 0 radical (unpaired) electrons. The zero-order valence-electron chi connectivity index (χ0n) is 9.99. The zero-order chi connectivity index (χ0) is 12.8.